The first-order valence-corrected chi connectivity index (χ1v) is 5.81. The van der Waals surface area contributed by atoms with E-state index in [1.807, 2.05) is 0 Å². The molecule has 1 unspecified atom stereocenters. The first-order chi connectivity index (χ1) is 9.19. The highest BCUT2D eigenvalue weighted by Gasteiger charge is 2.91. The van der Waals surface area contributed by atoms with Crippen LogP contribution in [0.5, 0.6) is 0 Å². The summed E-state index contributed by atoms with van der Waals surface area (Å²) in [4.78, 5) is 0. The van der Waals surface area contributed by atoms with Crippen molar-refractivity contribution in [2.24, 2.45) is 0 Å². The second kappa shape index (κ2) is 5.05. The van der Waals surface area contributed by atoms with Crippen molar-refractivity contribution in [3.8, 4) is 0 Å². The third-order valence-electron chi connectivity index (χ3n) is 2.23. The molecule has 4 nitrogen and oxygen atoms in total. The van der Waals surface area contributed by atoms with Crippen molar-refractivity contribution >= 4 is 10.1 Å². The number of rotatable bonds is 6. The van der Waals surface area contributed by atoms with Gasteiger partial charge in [-0.2, -0.15) is 43.5 Å². The summed E-state index contributed by atoms with van der Waals surface area (Å²) in [7, 11) is -7.72. The van der Waals surface area contributed by atoms with E-state index in [0.717, 1.165) is 0 Å². The van der Waals surface area contributed by atoms with Crippen LogP contribution >= 0.6 is 0 Å². The normalized spacial score (nSPS) is 18.5. The van der Waals surface area contributed by atoms with Crippen molar-refractivity contribution < 1.29 is 66.4 Å². The Morgan fingerprint density at radius 2 is 1.09 bits per heavy atom. The number of hydrogen-bond acceptors (Lipinski definition) is 3. The van der Waals surface area contributed by atoms with Crippen LogP contribution in [-0.2, 0) is 10.1 Å². The Bertz CT molecular complexity index is 523. The molecule has 0 saturated carbocycles. The van der Waals surface area contributed by atoms with Crippen LogP contribution in [0.15, 0.2) is 0 Å². The highest BCUT2D eigenvalue weighted by atomic mass is 32.2. The molecular formula is C6H3F11O4S. The van der Waals surface area contributed by atoms with Crippen LogP contribution in [-0.4, -0.2) is 53.4 Å². The molecular weight excluding hydrogens is 377 g/mol. The van der Waals surface area contributed by atoms with Crippen molar-refractivity contribution in [3.63, 3.8) is 0 Å². The number of halogens is 11. The Balaban J connectivity index is 6.65. The molecule has 0 saturated heterocycles. The predicted molar refractivity (Wildman–Crippen MR) is 43.4 cm³/mol. The van der Waals surface area contributed by atoms with Gasteiger partial charge >= 0.3 is 45.4 Å². The molecule has 0 aromatic carbocycles. The minimum atomic E-state index is -7.88. The van der Waals surface area contributed by atoms with Gasteiger partial charge in [-0.1, -0.05) is 0 Å². The number of aliphatic hydroxyl groups is 1. The fraction of sp³-hybridized carbons (Fsp3) is 1.00. The van der Waals surface area contributed by atoms with E-state index in [2.05, 4.69) is 0 Å². The molecule has 0 aromatic heterocycles. The van der Waals surface area contributed by atoms with Crippen molar-refractivity contribution in [2.75, 3.05) is 0 Å². The summed E-state index contributed by atoms with van der Waals surface area (Å²) >= 11 is 0. The van der Waals surface area contributed by atoms with E-state index in [0.29, 0.717) is 0 Å². The first kappa shape index (κ1) is 21.1. The average molecular weight is 380 g/mol. The fourth-order valence-electron chi connectivity index (χ4n) is 1.05. The third kappa shape index (κ3) is 2.49. The van der Waals surface area contributed by atoms with Crippen LogP contribution in [0.25, 0.3) is 0 Å². The molecule has 0 spiro atoms. The highest BCUT2D eigenvalue weighted by molar-refractivity contribution is 7.87. The van der Waals surface area contributed by atoms with Crippen LogP contribution < -0.4 is 0 Å². The van der Waals surface area contributed by atoms with E-state index in [9.17, 15) is 56.7 Å². The van der Waals surface area contributed by atoms with E-state index < -0.39 is 45.4 Å². The van der Waals surface area contributed by atoms with Gasteiger partial charge in [0, 0.05) is 0 Å². The Kier molecular flexibility index (Phi) is 4.84. The van der Waals surface area contributed by atoms with Gasteiger partial charge in [0.2, 0.25) is 0 Å². The van der Waals surface area contributed by atoms with Crippen LogP contribution in [0.2, 0.25) is 0 Å². The highest BCUT2D eigenvalue weighted by Crippen LogP contribution is 2.58. The zero-order valence-corrected chi connectivity index (χ0v) is 10.2. The fourth-order valence-corrected chi connectivity index (χ4v) is 1.82. The van der Waals surface area contributed by atoms with Crippen LogP contribution in [0.3, 0.4) is 0 Å². The lowest BCUT2D eigenvalue weighted by Gasteiger charge is -2.39. The molecule has 0 heterocycles. The summed E-state index contributed by atoms with van der Waals surface area (Å²) in [5.41, 5.74) is 0. The van der Waals surface area contributed by atoms with Gasteiger partial charge in [-0.3, -0.25) is 4.55 Å². The van der Waals surface area contributed by atoms with Gasteiger partial charge < -0.3 is 5.11 Å². The molecule has 0 aliphatic heterocycles. The Morgan fingerprint density at radius 1 is 0.773 bits per heavy atom. The lowest BCUT2D eigenvalue weighted by atomic mass is 9.99. The van der Waals surface area contributed by atoms with Gasteiger partial charge in [0.05, 0.1) is 0 Å². The molecule has 0 aliphatic carbocycles. The maximum absolute atomic E-state index is 13.2. The molecule has 0 amide bonds. The molecule has 16 heteroatoms. The second-order valence-electron chi connectivity index (χ2n) is 3.68. The van der Waals surface area contributed by atoms with Crippen LogP contribution in [0.4, 0.5) is 48.3 Å². The molecule has 0 fully saturated rings. The van der Waals surface area contributed by atoms with Crippen molar-refractivity contribution in [2.45, 2.75) is 35.3 Å². The molecule has 0 aromatic rings. The Labute approximate surface area is 113 Å². The zero-order valence-electron chi connectivity index (χ0n) is 9.35. The quantitative estimate of drug-likeness (QED) is 0.548. The van der Waals surface area contributed by atoms with Crippen molar-refractivity contribution in [1.82, 2.24) is 0 Å². The van der Waals surface area contributed by atoms with Gasteiger partial charge in [-0.15, -0.1) is 0 Å². The molecule has 1 atom stereocenters. The SMILES string of the molecule is O=S(=O)(O)C(F)(C(O)(F)F)C(F)(F)C(F)(F)C(F)(F)C(F)F. The lowest BCUT2D eigenvalue weighted by molar-refractivity contribution is -0.394. The largest absolute Gasteiger partial charge is 0.411 e. The maximum Gasteiger partial charge on any atom is 0.411 e. The van der Waals surface area contributed by atoms with E-state index in [1.54, 1.807) is 0 Å². The molecule has 0 radical (unpaired) electrons. The molecule has 0 rings (SSSR count). The standard InChI is InChI=1S/C6H3F11O4S/c7-1(8)2(9,10)3(11,12)4(13,14)5(15,6(16,17)18)22(19,20)21/h1,18H,(H,19,20,21). The van der Waals surface area contributed by atoms with Crippen molar-refractivity contribution in [3.05, 3.63) is 0 Å². The van der Waals surface area contributed by atoms with Crippen LogP contribution in [0, 0.1) is 0 Å². The second-order valence-corrected chi connectivity index (χ2v) is 5.20. The molecule has 134 valence electrons. The van der Waals surface area contributed by atoms with E-state index in [4.69, 9.17) is 9.66 Å². The van der Waals surface area contributed by atoms with Gasteiger partial charge in [0.1, 0.15) is 0 Å². The molecule has 22 heavy (non-hydrogen) atoms. The minimum absolute atomic E-state index is 5.67. The van der Waals surface area contributed by atoms with Gasteiger partial charge in [0.25, 0.3) is 0 Å². The van der Waals surface area contributed by atoms with E-state index in [-0.39, 0.29) is 0 Å². The van der Waals surface area contributed by atoms with E-state index >= 15 is 0 Å². The summed E-state index contributed by atoms with van der Waals surface area (Å²) in [5, 5.41) is 0.233. The van der Waals surface area contributed by atoms with E-state index in [1.165, 1.54) is 0 Å². The molecule has 0 aliphatic rings. The van der Waals surface area contributed by atoms with Crippen LogP contribution in [0.1, 0.15) is 0 Å². The summed E-state index contributed by atoms with van der Waals surface area (Å²) in [6, 6.07) is 0. The molecule has 0 bridgehead atoms. The van der Waals surface area contributed by atoms with Crippen molar-refractivity contribution in [1.29, 1.82) is 0 Å². The Morgan fingerprint density at radius 3 is 1.27 bits per heavy atom. The lowest BCUT2D eigenvalue weighted by Crippen LogP contribution is -2.72. The summed E-state index contributed by atoms with van der Waals surface area (Å²) in [6.07, 6.45) is -12.8. The third-order valence-corrected chi connectivity index (χ3v) is 3.45. The minimum Gasteiger partial charge on any atom is -0.333 e. The van der Waals surface area contributed by atoms with Gasteiger partial charge in [-0.05, 0) is 0 Å². The summed E-state index contributed by atoms with van der Waals surface area (Å²) < 4.78 is 166. The molecule has 2 N–H and O–H groups in total. The average Bonchev–Trinajstić information content (AvgIpc) is 2.23. The maximum atomic E-state index is 13.2. The van der Waals surface area contributed by atoms with Gasteiger partial charge in [-0.25, -0.2) is 13.2 Å². The zero-order chi connectivity index (χ0) is 18.6. The Hall–Kier alpha value is -0.900. The monoisotopic (exact) mass is 380 g/mol. The first-order valence-electron chi connectivity index (χ1n) is 4.37. The van der Waals surface area contributed by atoms with Gasteiger partial charge in [0.15, 0.2) is 0 Å². The topological polar surface area (TPSA) is 74.6 Å². The number of hydrogen-bond donors (Lipinski definition) is 2. The smallest absolute Gasteiger partial charge is 0.333 e. The predicted octanol–water partition coefficient (Wildman–Crippen LogP) is 2.30. The summed E-state index contributed by atoms with van der Waals surface area (Å²) in [6.45, 7) is 0. The number of alkyl halides is 11. The summed E-state index contributed by atoms with van der Waals surface area (Å²) in [5.74, 6) is -22.8.